The maximum Gasteiger partial charge on any atom is 0.219 e. The van der Waals surface area contributed by atoms with Crippen LogP contribution in [0.15, 0.2) is 0 Å². The molecular weight excluding hydrogens is 182 g/mol. The molecule has 0 unspecified atom stereocenters. The van der Waals surface area contributed by atoms with Crippen LogP contribution in [0.1, 0.15) is 19.8 Å². The van der Waals surface area contributed by atoms with Crippen molar-refractivity contribution in [3.63, 3.8) is 0 Å². The van der Waals surface area contributed by atoms with Crippen LogP contribution in [0.2, 0.25) is 0 Å². The van der Waals surface area contributed by atoms with Crippen LogP contribution in [0.3, 0.4) is 0 Å². The molecule has 0 aromatic heterocycles. The Morgan fingerprint density at radius 2 is 1.50 bits per heavy atom. The zero-order valence-electron chi connectivity index (χ0n) is 8.34. The molecule has 0 aromatic rings. The van der Waals surface area contributed by atoms with E-state index in [9.17, 15) is 4.79 Å². The fourth-order valence-electron chi connectivity index (χ4n) is 0.938. The first kappa shape index (κ1) is 12.4. The fraction of sp³-hybridized carbons (Fsp3) is 0.625. The molecule has 0 radical (unpaired) electrons. The van der Waals surface area contributed by atoms with Crippen molar-refractivity contribution >= 4 is 17.6 Å². The third-order valence-corrected chi connectivity index (χ3v) is 1.75. The third kappa shape index (κ3) is 5.99. The van der Waals surface area contributed by atoms with Gasteiger partial charge in [-0.2, -0.15) is 0 Å². The number of amides is 1. The van der Waals surface area contributed by atoms with Crippen LogP contribution < -0.4 is 11.5 Å². The Balaban J connectivity index is 3.96. The average Bonchev–Trinajstić information content (AvgIpc) is 2.02. The highest BCUT2D eigenvalue weighted by atomic mass is 16.2. The summed E-state index contributed by atoms with van der Waals surface area (Å²) in [5.41, 5.74) is 10.4. The van der Waals surface area contributed by atoms with Gasteiger partial charge in [-0.05, 0) is 0 Å². The predicted molar refractivity (Wildman–Crippen MR) is 55.3 cm³/mol. The van der Waals surface area contributed by atoms with Crippen molar-refractivity contribution in [2.45, 2.75) is 19.8 Å². The number of rotatable bonds is 6. The lowest BCUT2D eigenvalue weighted by Gasteiger charge is -2.20. The molecule has 0 heterocycles. The number of carbonyl (C=O) groups excluding carboxylic acids is 1. The highest BCUT2D eigenvalue weighted by molar-refractivity contribution is 5.80. The summed E-state index contributed by atoms with van der Waals surface area (Å²) in [6.07, 6.45) is 0.717. The second-order valence-electron chi connectivity index (χ2n) is 3.06. The molecule has 0 aliphatic carbocycles. The van der Waals surface area contributed by atoms with E-state index < -0.39 is 0 Å². The van der Waals surface area contributed by atoms with Gasteiger partial charge in [0.15, 0.2) is 0 Å². The van der Waals surface area contributed by atoms with E-state index in [2.05, 4.69) is 0 Å². The molecule has 14 heavy (non-hydrogen) atoms. The summed E-state index contributed by atoms with van der Waals surface area (Å²) < 4.78 is 0. The minimum absolute atomic E-state index is 0.0547. The molecule has 0 saturated carbocycles. The van der Waals surface area contributed by atoms with Crippen molar-refractivity contribution in [3.8, 4) is 0 Å². The second-order valence-corrected chi connectivity index (χ2v) is 3.06. The SMILES string of the molecule is CC(=O)N(CCC(=N)N)CCC(=N)N. The van der Waals surface area contributed by atoms with Crippen LogP contribution in [-0.2, 0) is 4.79 Å². The van der Waals surface area contributed by atoms with Gasteiger partial charge in [0.25, 0.3) is 0 Å². The van der Waals surface area contributed by atoms with Crippen molar-refractivity contribution in [2.24, 2.45) is 11.5 Å². The molecule has 1 amide bonds. The normalized spacial score (nSPS) is 9.50. The summed E-state index contributed by atoms with van der Waals surface area (Å²) in [6, 6.07) is 0. The molecule has 6 heteroatoms. The van der Waals surface area contributed by atoms with E-state index in [4.69, 9.17) is 22.3 Å². The van der Waals surface area contributed by atoms with Gasteiger partial charge in [0, 0.05) is 32.9 Å². The Hall–Kier alpha value is -1.59. The zero-order chi connectivity index (χ0) is 11.1. The van der Waals surface area contributed by atoms with Gasteiger partial charge in [-0.3, -0.25) is 15.6 Å². The van der Waals surface area contributed by atoms with Crippen molar-refractivity contribution in [1.82, 2.24) is 4.90 Å². The van der Waals surface area contributed by atoms with Crippen molar-refractivity contribution in [3.05, 3.63) is 0 Å². The summed E-state index contributed by atoms with van der Waals surface area (Å²) in [7, 11) is 0. The number of nitrogens with one attached hydrogen (secondary N) is 2. The number of nitrogens with zero attached hydrogens (tertiary/aromatic N) is 1. The minimum atomic E-state index is -0.0903. The molecule has 6 N–H and O–H groups in total. The topological polar surface area (TPSA) is 120 Å². The lowest BCUT2D eigenvalue weighted by atomic mass is 10.3. The third-order valence-electron chi connectivity index (χ3n) is 1.75. The number of amidine groups is 2. The summed E-state index contributed by atoms with van der Waals surface area (Å²) in [4.78, 5) is 12.6. The minimum Gasteiger partial charge on any atom is -0.388 e. The smallest absolute Gasteiger partial charge is 0.219 e. The standard InChI is InChI=1S/C8H17N5O/c1-6(14)13(4-2-7(9)10)5-3-8(11)12/h2-5H2,1H3,(H3,9,10)(H3,11,12). The Labute approximate surface area is 83.3 Å². The maximum absolute atomic E-state index is 11.1. The molecule has 80 valence electrons. The molecule has 0 bridgehead atoms. The van der Waals surface area contributed by atoms with Crippen molar-refractivity contribution in [2.75, 3.05) is 13.1 Å². The van der Waals surface area contributed by atoms with Gasteiger partial charge < -0.3 is 16.4 Å². The largest absolute Gasteiger partial charge is 0.388 e. The molecule has 0 fully saturated rings. The molecule has 0 spiro atoms. The monoisotopic (exact) mass is 199 g/mol. The molecule has 0 saturated heterocycles. The van der Waals surface area contributed by atoms with Gasteiger partial charge in [0.1, 0.15) is 0 Å². The first-order chi connectivity index (χ1) is 6.43. The molecule has 0 rings (SSSR count). The van der Waals surface area contributed by atoms with Gasteiger partial charge in [0.2, 0.25) is 5.91 Å². The first-order valence-electron chi connectivity index (χ1n) is 4.34. The highest BCUT2D eigenvalue weighted by Crippen LogP contribution is 1.95. The number of carbonyl (C=O) groups is 1. The Morgan fingerprint density at radius 3 is 1.71 bits per heavy atom. The van der Waals surface area contributed by atoms with Crippen LogP contribution in [0.4, 0.5) is 0 Å². The molecule has 0 aliphatic rings. The van der Waals surface area contributed by atoms with E-state index in [-0.39, 0.29) is 17.6 Å². The van der Waals surface area contributed by atoms with E-state index in [0.29, 0.717) is 25.9 Å². The summed E-state index contributed by atoms with van der Waals surface area (Å²) in [6.45, 7) is 2.27. The van der Waals surface area contributed by atoms with Gasteiger partial charge in [0.05, 0.1) is 11.7 Å². The molecule has 0 aliphatic heterocycles. The average molecular weight is 199 g/mol. The van der Waals surface area contributed by atoms with Crippen molar-refractivity contribution < 1.29 is 4.79 Å². The fourth-order valence-corrected chi connectivity index (χ4v) is 0.938. The quantitative estimate of drug-likeness (QED) is 0.340. The van der Waals surface area contributed by atoms with Crippen LogP contribution >= 0.6 is 0 Å². The highest BCUT2D eigenvalue weighted by Gasteiger charge is 2.08. The molecular formula is C8H17N5O. The van der Waals surface area contributed by atoms with E-state index >= 15 is 0 Å². The lowest BCUT2D eigenvalue weighted by Crippen LogP contribution is -2.34. The second kappa shape index (κ2) is 5.95. The van der Waals surface area contributed by atoms with Gasteiger partial charge in [-0.1, -0.05) is 0 Å². The number of hydrogen-bond acceptors (Lipinski definition) is 3. The zero-order valence-corrected chi connectivity index (χ0v) is 8.34. The Kier molecular flexibility index (Phi) is 5.28. The molecule has 0 aromatic carbocycles. The summed E-state index contributed by atoms with van der Waals surface area (Å²) in [5.74, 6) is 0.0191. The Morgan fingerprint density at radius 1 is 1.14 bits per heavy atom. The van der Waals surface area contributed by atoms with Gasteiger partial charge in [-0.25, -0.2) is 0 Å². The molecule has 0 atom stereocenters. The van der Waals surface area contributed by atoms with Crippen LogP contribution in [-0.4, -0.2) is 35.6 Å². The number of hydrogen-bond donors (Lipinski definition) is 4. The van der Waals surface area contributed by atoms with Crippen LogP contribution in [0.25, 0.3) is 0 Å². The summed E-state index contributed by atoms with van der Waals surface area (Å²) in [5, 5.41) is 14.0. The maximum atomic E-state index is 11.1. The van der Waals surface area contributed by atoms with Gasteiger partial charge >= 0.3 is 0 Å². The van der Waals surface area contributed by atoms with Crippen molar-refractivity contribution in [1.29, 1.82) is 10.8 Å². The number of nitrogens with two attached hydrogens (primary N) is 2. The lowest BCUT2D eigenvalue weighted by molar-refractivity contribution is -0.128. The van der Waals surface area contributed by atoms with E-state index in [0.717, 1.165) is 0 Å². The first-order valence-corrected chi connectivity index (χ1v) is 4.34. The Bertz CT molecular complexity index is 220. The summed E-state index contributed by atoms with van der Waals surface area (Å²) >= 11 is 0. The van der Waals surface area contributed by atoms with Gasteiger partial charge in [-0.15, -0.1) is 0 Å². The van der Waals surface area contributed by atoms with Crippen LogP contribution in [0.5, 0.6) is 0 Å². The van der Waals surface area contributed by atoms with E-state index in [1.807, 2.05) is 0 Å². The molecule has 6 nitrogen and oxygen atoms in total. The van der Waals surface area contributed by atoms with E-state index in [1.54, 1.807) is 0 Å². The van der Waals surface area contributed by atoms with E-state index in [1.165, 1.54) is 11.8 Å². The van der Waals surface area contributed by atoms with Crippen LogP contribution in [0, 0.1) is 10.8 Å². The predicted octanol–water partition coefficient (Wildman–Crippen LogP) is -0.513.